The molecule has 12 heteroatoms. The number of nitrogens with one attached hydrogen (secondary N) is 1. The predicted octanol–water partition coefficient (Wildman–Crippen LogP) is 2.50. The smallest absolute Gasteiger partial charge is 0.207 e. The van der Waals surface area contributed by atoms with Crippen LogP contribution in [0, 0.1) is 0 Å². The van der Waals surface area contributed by atoms with Crippen LogP contribution in [0.1, 0.15) is 10.4 Å². The van der Waals surface area contributed by atoms with Gasteiger partial charge in [0.1, 0.15) is 4.21 Å². The minimum atomic E-state index is -4.82. The molecule has 0 aliphatic carbocycles. The van der Waals surface area contributed by atoms with E-state index in [1.54, 1.807) is 0 Å². The molecule has 0 spiro atoms. The molecule has 0 aliphatic heterocycles. The van der Waals surface area contributed by atoms with Crippen LogP contribution in [0.15, 0.2) is 45.5 Å². The molecular weight excluding hydrogens is 413 g/mol. The second kappa shape index (κ2) is 7.27. The van der Waals surface area contributed by atoms with Gasteiger partial charge in [0.25, 0.3) is 10.0 Å². The van der Waals surface area contributed by atoms with E-state index in [2.05, 4.69) is 4.72 Å². The average Bonchev–Trinajstić information content (AvgIpc) is 3.02. The zero-order valence-corrected chi connectivity index (χ0v) is 16.1. The third kappa shape index (κ3) is 4.43. The van der Waals surface area contributed by atoms with Gasteiger partial charge in [0.2, 0.25) is 10.0 Å². The molecule has 1 aromatic heterocycles. The fourth-order valence-electron chi connectivity index (χ4n) is 1.95. The quantitative estimate of drug-likeness (QED) is 0.766. The number of sulfonamides is 2. The number of alkyl halides is 3. The highest BCUT2D eigenvalue weighted by Gasteiger charge is 2.36. The first kappa shape index (κ1) is 20.8. The van der Waals surface area contributed by atoms with E-state index in [9.17, 15) is 30.0 Å². The van der Waals surface area contributed by atoms with Crippen LogP contribution < -0.4 is 4.72 Å². The number of thiophene rings is 1. The second-order valence-corrected chi connectivity index (χ2v) is 10.6. The maximum atomic E-state index is 13.0. The molecule has 2 aromatic rings. The minimum absolute atomic E-state index is 0.00684. The lowest BCUT2D eigenvalue weighted by molar-refractivity contribution is -0.139. The molecule has 0 amide bonds. The van der Waals surface area contributed by atoms with Crippen LogP contribution in [0.25, 0.3) is 0 Å². The topological polar surface area (TPSA) is 83.6 Å². The van der Waals surface area contributed by atoms with Gasteiger partial charge in [-0.2, -0.15) is 13.2 Å². The van der Waals surface area contributed by atoms with Crippen LogP contribution in [0.3, 0.4) is 0 Å². The van der Waals surface area contributed by atoms with Crippen LogP contribution in [-0.4, -0.2) is 35.2 Å². The maximum absolute atomic E-state index is 13.0. The van der Waals surface area contributed by atoms with E-state index < -0.39 is 36.7 Å². The van der Waals surface area contributed by atoms with Crippen molar-refractivity contribution in [2.75, 3.05) is 14.1 Å². The van der Waals surface area contributed by atoms with Crippen molar-refractivity contribution in [1.82, 2.24) is 9.03 Å². The Hall–Kier alpha value is -1.47. The molecule has 0 saturated carbocycles. The van der Waals surface area contributed by atoms with Gasteiger partial charge in [-0.3, -0.25) is 0 Å². The highest BCUT2D eigenvalue weighted by Crippen LogP contribution is 2.34. The summed E-state index contributed by atoms with van der Waals surface area (Å²) in [6.45, 7) is -0.331. The number of hydrogen-bond donors (Lipinski definition) is 1. The van der Waals surface area contributed by atoms with Crippen molar-refractivity contribution >= 4 is 31.4 Å². The molecule has 0 fully saturated rings. The van der Waals surface area contributed by atoms with Gasteiger partial charge in [0, 0.05) is 25.5 Å². The molecule has 0 atom stereocenters. The zero-order valence-electron chi connectivity index (χ0n) is 13.6. The molecule has 6 nitrogen and oxygen atoms in total. The van der Waals surface area contributed by atoms with Crippen LogP contribution in [0.2, 0.25) is 0 Å². The van der Waals surface area contributed by atoms with Gasteiger partial charge >= 0.3 is 6.18 Å². The Morgan fingerprint density at radius 1 is 1.04 bits per heavy atom. The summed E-state index contributed by atoms with van der Waals surface area (Å²) in [4.78, 5) is -0.538. The Bertz CT molecular complexity index is 996. The van der Waals surface area contributed by atoms with Gasteiger partial charge in [0.15, 0.2) is 0 Å². The van der Waals surface area contributed by atoms with Crippen molar-refractivity contribution in [3.05, 3.63) is 46.8 Å². The van der Waals surface area contributed by atoms with Crippen molar-refractivity contribution in [3.63, 3.8) is 0 Å². The SMILES string of the molecule is CN(C)S(=O)(=O)c1ccc(CNS(=O)(=O)c2ccccc2C(F)(F)F)s1. The summed E-state index contributed by atoms with van der Waals surface area (Å²) in [7, 11) is -5.39. The summed E-state index contributed by atoms with van der Waals surface area (Å²) in [6.07, 6.45) is -4.82. The van der Waals surface area contributed by atoms with E-state index in [4.69, 9.17) is 0 Å². The molecule has 0 radical (unpaired) electrons. The van der Waals surface area contributed by atoms with Crippen molar-refractivity contribution in [2.45, 2.75) is 21.8 Å². The standard InChI is InChI=1S/C14H15F3N2O4S3/c1-19(2)26(22,23)13-8-7-10(24-13)9-18-25(20,21)12-6-4-3-5-11(12)14(15,16)17/h3-8,18H,9H2,1-2H3. The van der Waals surface area contributed by atoms with Crippen molar-refractivity contribution in [3.8, 4) is 0 Å². The summed E-state index contributed by atoms with van der Waals surface area (Å²) in [5.74, 6) is 0. The largest absolute Gasteiger partial charge is 0.417 e. The minimum Gasteiger partial charge on any atom is -0.207 e. The highest BCUT2D eigenvalue weighted by atomic mass is 32.2. The lowest BCUT2D eigenvalue weighted by Gasteiger charge is -2.13. The molecular formula is C14H15F3N2O4S3. The summed E-state index contributed by atoms with van der Waals surface area (Å²) < 4.78 is 90.6. The zero-order chi connectivity index (χ0) is 19.8. The van der Waals surface area contributed by atoms with Gasteiger partial charge in [0.05, 0.1) is 10.5 Å². The Morgan fingerprint density at radius 2 is 1.65 bits per heavy atom. The fourth-order valence-corrected chi connectivity index (χ4v) is 5.74. The van der Waals surface area contributed by atoms with Crippen molar-refractivity contribution in [1.29, 1.82) is 0 Å². The number of halogens is 3. The summed E-state index contributed by atoms with van der Waals surface area (Å²) in [5, 5.41) is 0. The van der Waals surface area contributed by atoms with E-state index in [1.807, 2.05) is 0 Å². The van der Waals surface area contributed by atoms with Gasteiger partial charge in [-0.05, 0) is 24.3 Å². The van der Waals surface area contributed by atoms with Crippen LogP contribution >= 0.6 is 11.3 Å². The van der Waals surface area contributed by atoms with E-state index in [-0.39, 0.29) is 10.8 Å². The Morgan fingerprint density at radius 3 is 2.23 bits per heavy atom. The number of rotatable bonds is 6. The molecule has 0 bridgehead atoms. The van der Waals surface area contributed by atoms with E-state index in [0.717, 1.165) is 27.8 Å². The Labute approximate surface area is 153 Å². The molecule has 0 saturated heterocycles. The first-order chi connectivity index (χ1) is 11.9. The molecule has 1 N–H and O–H groups in total. The predicted molar refractivity (Wildman–Crippen MR) is 90.7 cm³/mol. The van der Waals surface area contributed by atoms with Crippen LogP contribution in [-0.2, 0) is 32.8 Å². The van der Waals surface area contributed by atoms with E-state index in [0.29, 0.717) is 10.9 Å². The molecule has 0 aliphatic rings. The number of nitrogens with zero attached hydrogens (tertiary/aromatic N) is 1. The monoisotopic (exact) mass is 428 g/mol. The molecule has 1 heterocycles. The van der Waals surface area contributed by atoms with E-state index >= 15 is 0 Å². The van der Waals surface area contributed by atoms with E-state index in [1.165, 1.54) is 32.3 Å². The van der Waals surface area contributed by atoms with Gasteiger partial charge in [-0.1, -0.05) is 12.1 Å². The second-order valence-electron chi connectivity index (χ2n) is 5.33. The first-order valence-corrected chi connectivity index (χ1v) is 10.8. The Balaban J connectivity index is 2.25. The number of benzene rings is 1. The molecule has 26 heavy (non-hydrogen) atoms. The van der Waals surface area contributed by atoms with Crippen LogP contribution in [0.4, 0.5) is 13.2 Å². The third-order valence-corrected chi connectivity index (χ3v) is 8.12. The third-order valence-electron chi connectivity index (χ3n) is 3.29. The van der Waals surface area contributed by atoms with Crippen molar-refractivity contribution in [2.24, 2.45) is 0 Å². The summed E-state index contributed by atoms with van der Waals surface area (Å²) in [5.41, 5.74) is -1.27. The summed E-state index contributed by atoms with van der Waals surface area (Å²) in [6, 6.07) is 6.55. The Kier molecular flexibility index (Phi) is 5.83. The average molecular weight is 428 g/mol. The van der Waals surface area contributed by atoms with Gasteiger partial charge in [-0.25, -0.2) is 25.9 Å². The lowest BCUT2D eigenvalue weighted by Crippen LogP contribution is -2.25. The normalized spacial score (nSPS) is 13.3. The molecule has 0 unspecified atom stereocenters. The fraction of sp³-hybridized carbons (Fsp3) is 0.286. The summed E-state index contributed by atoms with van der Waals surface area (Å²) >= 11 is 0.835. The first-order valence-electron chi connectivity index (χ1n) is 7.03. The highest BCUT2D eigenvalue weighted by molar-refractivity contribution is 7.91. The molecule has 2 rings (SSSR count). The lowest BCUT2D eigenvalue weighted by atomic mass is 10.2. The number of hydrogen-bond acceptors (Lipinski definition) is 5. The van der Waals surface area contributed by atoms with Crippen LogP contribution in [0.5, 0.6) is 0 Å². The van der Waals surface area contributed by atoms with Gasteiger partial charge < -0.3 is 0 Å². The van der Waals surface area contributed by atoms with Gasteiger partial charge in [-0.15, -0.1) is 11.3 Å². The molecule has 144 valence electrons. The maximum Gasteiger partial charge on any atom is 0.417 e. The van der Waals surface area contributed by atoms with Crippen molar-refractivity contribution < 1.29 is 30.0 Å². The molecule has 1 aromatic carbocycles.